The molecule has 156 valence electrons. The first-order valence-corrected chi connectivity index (χ1v) is 9.62. The van der Waals surface area contributed by atoms with Gasteiger partial charge in [-0.25, -0.2) is 9.48 Å². The largest absolute Gasteiger partial charge is 0.494 e. The minimum Gasteiger partial charge on any atom is -0.494 e. The number of hydrogen-bond donors (Lipinski definition) is 0. The lowest BCUT2D eigenvalue weighted by atomic mass is 10.2. The third-order valence-corrected chi connectivity index (χ3v) is 4.34. The zero-order chi connectivity index (χ0) is 21.3. The van der Waals surface area contributed by atoms with Gasteiger partial charge in [0, 0.05) is 13.6 Å². The average Bonchev–Trinajstić information content (AvgIpc) is 3.22. The smallest absolute Gasteiger partial charge is 0.361 e. The Balaban J connectivity index is 1.47. The number of ether oxygens (including phenoxy) is 2. The highest BCUT2D eigenvalue weighted by Gasteiger charge is 2.16. The molecule has 30 heavy (non-hydrogen) atoms. The van der Waals surface area contributed by atoms with Crippen molar-refractivity contribution < 1.29 is 19.1 Å². The Kier molecular flexibility index (Phi) is 7.15. The van der Waals surface area contributed by atoms with Crippen LogP contribution in [0.2, 0.25) is 0 Å². The molecule has 1 amide bonds. The van der Waals surface area contributed by atoms with E-state index in [1.165, 1.54) is 11.1 Å². The van der Waals surface area contributed by atoms with Crippen LogP contribution in [-0.4, -0.2) is 52.0 Å². The van der Waals surface area contributed by atoms with E-state index in [1.54, 1.807) is 11.7 Å². The van der Waals surface area contributed by atoms with Crippen LogP contribution in [-0.2, 0) is 22.6 Å². The molecule has 3 rings (SSSR count). The second-order valence-corrected chi connectivity index (χ2v) is 6.69. The standard InChI is InChI=1S/C22H24N4O4/c1-3-29-19-11-9-18(10-12-19)13-25(2)21(27)16-30-22(28)20-15-26(24-23-20)14-17-7-5-4-6-8-17/h4-12,15H,3,13-14,16H2,1-2H3. The topological polar surface area (TPSA) is 86.5 Å². The summed E-state index contributed by atoms with van der Waals surface area (Å²) in [4.78, 5) is 25.9. The number of hydrogen-bond acceptors (Lipinski definition) is 6. The number of nitrogens with zero attached hydrogens (tertiary/aromatic N) is 4. The van der Waals surface area contributed by atoms with Gasteiger partial charge in [-0.1, -0.05) is 47.7 Å². The molecule has 0 unspecified atom stereocenters. The highest BCUT2D eigenvalue weighted by atomic mass is 16.5. The predicted molar refractivity (Wildman–Crippen MR) is 110 cm³/mol. The zero-order valence-corrected chi connectivity index (χ0v) is 17.0. The van der Waals surface area contributed by atoms with Gasteiger partial charge in [0.15, 0.2) is 12.3 Å². The molecule has 0 aliphatic rings. The van der Waals surface area contributed by atoms with Crippen molar-refractivity contribution in [2.45, 2.75) is 20.0 Å². The first-order chi connectivity index (χ1) is 14.5. The molecule has 1 heterocycles. The van der Waals surface area contributed by atoms with E-state index in [-0.39, 0.29) is 18.2 Å². The molecule has 0 aliphatic carbocycles. The van der Waals surface area contributed by atoms with Crippen molar-refractivity contribution in [2.24, 2.45) is 0 Å². The highest BCUT2D eigenvalue weighted by molar-refractivity contribution is 5.89. The first kappa shape index (κ1) is 21.0. The van der Waals surface area contributed by atoms with Crippen LogP contribution in [0.25, 0.3) is 0 Å². The van der Waals surface area contributed by atoms with Crippen LogP contribution in [0.15, 0.2) is 60.8 Å². The predicted octanol–water partition coefficient (Wildman–Crippen LogP) is 2.54. The minimum absolute atomic E-state index is 0.0629. The number of carbonyl (C=O) groups is 2. The molecule has 0 saturated heterocycles. The van der Waals surface area contributed by atoms with Crippen molar-refractivity contribution >= 4 is 11.9 Å². The fourth-order valence-corrected chi connectivity index (χ4v) is 2.77. The van der Waals surface area contributed by atoms with Gasteiger partial charge in [0.2, 0.25) is 0 Å². The fraction of sp³-hybridized carbons (Fsp3) is 0.273. The van der Waals surface area contributed by atoms with Crippen LogP contribution >= 0.6 is 0 Å². The highest BCUT2D eigenvalue weighted by Crippen LogP contribution is 2.13. The Hall–Kier alpha value is -3.68. The summed E-state index contributed by atoms with van der Waals surface area (Å²) in [6.07, 6.45) is 1.50. The van der Waals surface area contributed by atoms with E-state index in [0.717, 1.165) is 16.9 Å². The monoisotopic (exact) mass is 408 g/mol. The molecule has 8 nitrogen and oxygen atoms in total. The third-order valence-electron chi connectivity index (χ3n) is 4.34. The Morgan fingerprint density at radius 3 is 2.47 bits per heavy atom. The van der Waals surface area contributed by atoms with Gasteiger partial charge in [-0.05, 0) is 30.2 Å². The molecule has 8 heteroatoms. The Bertz CT molecular complexity index is 970. The molecule has 0 bridgehead atoms. The van der Waals surface area contributed by atoms with Crippen LogP contribution < -0.4 is 4.74 Å². The van der Waals surface area contributed by atoms with Gasteiger partial charge in [0.05, 0.1) is 19.3 Å². The second-order valence-electron chi connectivity index (χ2n) is 6.69. The SMILES string of the molecule is CCOc1ccc(CN(C)C(=O)COC(=O)c2cn(Cc3ccccc3)nn2)cc1. The molecule has 0 fully saturated rings. The van der Waals surface area contributed by atoms with Gasteiger partial charge < -0.3 is 14.4 Å². The lowest BCUT2D eigenvalue weighted by Gasteiger charge is -2.17. The number of carbonyl (C=O) groups excluding carboxylic acids is 2. The van der Waals surface area contributed by atoms with E-state index in [2.05, 4.69) is 10.3 Å². The van der Waals surface area contributed by atoms with E-state index < -0.39 is 5.97 Å². The van der Waals surface area contributed by atoms with Gasteiger partial charge in [-0.2, -0.15) is 0 Å². The van der Waals surface area contributed by atoms with Crippen molar-refractivity contribution in [2.75, 3.05) is 20.3 Å². The Morgan fingerprint density at radius 1 is 1.03 bits per heavy atom. The molecule has 0 radical (unpaired) electrons. The lowest BCUT2D eigenvalue weighted by molar-refractivity contribution is -0.133. The van der Waals surface area contributed by atoms with Gasteiger partial charge in [0.25, 0.3) is 5.91 Å². The van der Waals surface area contributed by atoms with Crippen molar-refractivity contribution in [3.05, 3.63) is 77.6 Å². The summed E-state index contributed by atoms with van der Waals surface area (Å²) in [7, 11) is 1.66. The molecular formula is C22H24N4O4. The lowest BCUT2D eigenvalue weighted by Crippen LogP contribution is -2.30. The molecule has 0 aliphatic heterocycles. The number of amides is 1. The normalized spacial score (nSPS) is 10.5. The van der Waals surface area contributed by atoms with Gasteiger partial charge in [-0.3, -0.25) is 4.79 Å². The molecule has 3 aromatic rings. The molecule has 0 atom stereocenters. The van der Waals surface area contributed by atoms with E-state index in [0.29, 0.717) is 19.7 Å². The van der Waals surface area contributed by atoms with Gasteiger partial charge in [-0.15, -0.1) is 5.10 Å². The summed E-state index contributed by atoms with van der Waals surface area (Å²) in [5.41, 5.74) is 2.05. The molecule has 0 spiro atoms. The van der Waals surface area contributed by atoms with Crippen molar-refractivity contribution in [3.63, 3.8) is 0 Å². The van der Waals surface area contributed by atoms with Crippen molar-refractivity contribution in [3.8, 4) is 5.75 Å². The molecule has 2 aromatic carbocycles. The van der Waals surface area contributed by atoms with Gasteiger partial charge >= 0.3 is 5.97 Å². The van der Waals surface area contributed by atoms with Crippen molar-refractivity contribution in [1.29, 1.82) is 0 Å². The summed E-state index contributed by atoms with van der Waals surface area (Å²) in [5.74, 6) is -0.212. The summed E-state index contributed by atoms with van der Waals surface area (Å²) < 4.78 is 12.0. The molecular weight excluding hydrogens is 384 g/mol. The summed E-state index contributed by atoms with van der Waals surface area (Å²) >= 11 is 0. The fourth-order valence-electron chi connectivity index (χ4n) is 2.77. The second kappa shape index (κ2) is 10.2. The van der Waals surface area contributed by atoms with E-state index >= 15 is 0 Å². The van der Waals surface area contributed by atoms with Crippen LogP contribution in [0.1, 0.15) is 28.5 Å². The average molecular weight is 408 g/mol. The first-order valence-electron chi connectivity index (χ1n) is 9.62. The zero-order valence-electron chi connectivity index (χ0n) is 17.0. The number of benzene rings is 2. The quantitative estimate of drug-likeness (QED) is 0.506. The summed E-state index contributed by atoms with van der Waals surface area (Å²) in [6, 6.07) is 17.2. The van der Waals surface area contributed by atoms with Crippen LogP contribution in [0, 0.1) is 0 Å². The molecule has 0 N–H and O–H groups in total. The van der Waals surface area contributed by atoms with E-state index in [9.17, 15) is 9.59 Å². The number of rotatable bonds is 9. The summed E-state index contributed by atoms with van der Waals surface area (Å²) in [5, 5.41) is 7.76. The maximum Gasteiger partial charge on any atom is 0.361 e. The third kappa shape index (κ3) is 5.91. The maximum absolute atomic E-state index is 12.3. The Morgan fingerprint density at radius 2 is 1.77 bits per heavy atom. The maximum atomic E-state index is 12.3. The van der Waals surface area contributed by atoms with E-state index in [4.69, 9.17) is 9.47 Å². The Labute approximate surface area is 175 Å². The number of likely N-dealkylation sites (N-methyl/N-ethyl adjacent to an activating group) is 1. The number of esters is 1. The van der Waals surface area contributed by atoms with Crippen LogP contribution in [0.4, 0.5) is 0 Å². The van der Waals surface area contributed by atoms with Crippen molar-refractivity contribution in [1.82, 2.24) is 19.9 Å². The number of aromatic nitrogens is 3. The minimum atomic E-state index is -0.683. The molecule has 0 saturated carbocycles. The van der Waals surface area contributed by atoms with Gasteiger partial charge in [0.1, 0.15) is 5.75 Å². The van der Waals surface area contributed by atoms with Crippen LogP contribution in [0.3, 0.4) is 0 Å². The summed E-state index contributed by atoms with van der Waals surface area (Å²) in [6.45, 7) is 3.05. The molecule has 1 aromatic heterocycles. The van der Waals surface area contributed by atoms with Crippen LogP contribution in [0.5, 0.6) is 5.75 Å². The van der Waals surface area contributed by atoms with E-state index in [1.807, 2.05) is 61.5 Å².